The largest absolute Gasteiger partial charge is 0.506 e. The van der Waals surface area contributed by atoms with Crippen molar-refractivity contribution in [3.63, 3.8) is 0 Å². The van der Waals surface area contributed by atoms with E-state index in [4.69, 9.17) is 0 Å². The minimum Gasteiger partial charge on any atom is -0.506 e. The fourth-order valence-corrected chi connectivity index (χ4v) is 1.70. The van der Waals surface area contributed by atoms with Crippen LogP contribution in [-0.2, 0) is 13.0 Å². The molecule has 0 saturated heterocycles. The van der Waals surface area contributed by atoms with Crippen molar-refractivity contribution in [3.8, 4) is 5.75 Å². The fraction of sp³-hybridized carbons (Fsp3) is 0.231. The van der Waals surface area contributed by atoms with Gasteiger partial charge in [-0.2, -0.15) is 0 Å². The van der Waals surface area contributed by atoms with Gasteiger partial charge in [-0.25, -0.2) is 0 Å². The summed E-state index contributed by atoms with van der Waals surface area (Å²) in [6.45, 7) is 2.86. The lowest BCUT2D eigenvalue weighted by Gasteiger charge is -2.01. The van der Waals surface area contributed by atoms with Crippen molar-refractivity contribution in [1.82, 2.24) is 4.57 Å². The number of rotatable bonds is 3. The van der Waals surface area contributed by atoms with E-state index in [1.54, 1.807) is 6.20 Å². The molecule has 15 heavy (non-hydrogen) atoms. The van der Waals surface area contributed by atoms with Gasteiger partial charge in [0.15, 0.2) is 0 Å². The lowest BCUT2D eigenvalue weighted by molar-refractivity contribution is 0.468. The second kappa shape index (κ2) is 4.22. The third-order valence-electron chi connectivity index (χ3n) is 2.53. The molecule has 2 aromatic rings. The SMILES string of the molecule is CCc1cn(Cc2ccccc2)cc1O. The highest BCUT2D eigenvalue weighted by Crippen LogP contribution is 2.19. The summed E-state index contributed by atoms with van der Waals surface area (Å²) in [4.78, 5) is 0. The monoisotopic (exact) mass is 201 g/mol. The van der Waals surface area contributed by atoms with Crippen molar-refractivity contribution in [2.45, 2.75) is 19.9 Å². The lowest BCUT2D eigenvalue weighted by atomic mass is 10.2. The van der Waals surface area contributed by atoms with E-state index in [0.717, 1.165) is 18.5 Å². The number of hydrogen-bond donors (Lipinski definition) is 1. The van der Waals surface area contributed by atoms with Crippen molar-refractivity contribution in [3.05, 3.63) is 53.9 Å². The first-order valence-electron chi connectivity index (χ1n) is 5.21. The third kappa shape index (κ3) is 2.21. The van der Waals surface area contributed by atoms with Crippen molar-refractivity contribution in [2.24, 2.45) is 0 Å². The normalized spacial score (nSPS) is 10.5. The molecule has 1 heterocycles. The molecule has 0 aliphatic heterocycles. The molecular formula is C13H15NO. The van der Waals surface area contributed by atoms with E-state index in [1.807, 2.05) is 35.9 Å². The summed E-state index contributed by atoms with van der Waals surface area (Å²) in [6.07, 6.45) is 4.65. The standard InChI is InChI=1S/C13H15NO/c1-2-12-9-14(10-13(12)15)8-11-6-4-3-5-7-11/h3-7,9-10,15H,2,8H2,1H3. The zero-order valence-electron chi connectivity index (χ0n) is 8.85. The first-order chi connectivity index (χ1) is 7.29. The first kappa shape index (κ1) is 9.84. The van der Waals surface area contributed by atoms with Crippen molar-refractivity contribution in [1.29, 1.82) is 0 Å². The van der Waals surface area contributed by atoms with Crippen molar-refractivity contribution < 1.29 is 5.11 Å². The highest BCUT2D eigenvalue weighted by Gasteiger charge is 2.03. The Labute approximate surface area is 89.8 Å². The van der Waals surface area contributed by atoms with Crippen LogP contribution in [0.15, 0.2) is 42.7 Å². The molecule has 1 N–H and O–H groups in total. The summed E-state index contributed by atoms with van der Waals surface area (Å²) in [5, 5.41) is 9.59. The molecule has 0 aliphatic rings. The summed E-state index contributed by atoms with van der Waals surface area (Å²) in [5.74, 6) is 0.397. The van der Waals surface area contributed by atoms with Crippen LogP contribution >= 0.6 is 0 Å². The van der Waals surface area contributed by atoms with Gasteiger partial charge < -0.3 is 9.67 Å². The first-order valence-corrected chi connectivity index (χ1v) is 5.21. The summed E-state index contributed by atoms with van der Waals surface area (Å²) < 4.78 is 2.02. The number of hydrogen-bond acceptors (Lipinski definition) is 1. The molecule has 0 spiro atoms. The van der Waals surface area contributed by atoms with Crippen LogP contribution < -0.4 is 0 Å². The number of nitrogens with zero attached hydrogens (tertiary/aromatic N) is 1. The van der Waals surface area contributed by atoms with Gasteiger partial charge in [0, 0.05) is 24.5 Å². The maximum Gasteiger partial charge on any atom is 0.136 e. The van der Waals surface area contributed by atoms with Crippen LogP contribution in [0.3, 0.4) is 0 Å². The smallest absolute Gasteiger partial charge is 0.136 e. The highest BCUT2D eigenvalue weighted by atomic mass is 16.3. The van der Waals surface area contributed by atoms with Crippen LogP contribution in [0.1, 0.15) is 18.1 Å². The molecule has 0 bridgehead atoms. The molecule has 78 valence electrons. The van der Waals surface area contributed by atoms with E-state index in [0.29, 0.717) is 5.75 Å². The van der Waals surface area contributed by atoms with E-state index >= 15 is 0 Å². The Hall–Kier alpha value is -1.70. The fourth-order valence-electron chi connectivity index (χ4n) is 1.70. The average Bonchev–Trinajstić information content (AvgIpc) is 2.60. The maximum absolute atomic E-state index is 9.59. The van der Waals surface area contributed by atoms with Gasteiger partial charge in [-0.05, 0) is 12.0 Å². The minimum absolute atomic E-state index is 0.397. The summed E-state index contributed by atoms with van der Waals surface area (Å²) in [6, 6.07) is 10.2. The minimum atomic E-state index is 0.397. The second-order valence-electron chi connectivity index (χ2n) is 3.68. The zero-order chi connectivity index (χ0) is 10.7. The number of aryl methyl sites for hydroxylation is 1. The second-order valence-corrected chi connectivity index (χ2v) is 3.68. The molecule has 1 aromatic carbocycles. The quantitative estimate of drug-likeness (QED) is 0.811. The number of aromatic hydroxyl groups is 1. The van der Waals surface area contributed by atoms with E-state index in [9.17, 15) is 5.11 Å². The topological polar surface area (TPSA) is 25.2 Å². The van der Waals surface area contributed by atoms with Crippen LogP contribution in [0.5, 0.6) is 5.75 Å². The molecule has 0 aliphatic carbocycles. The van der Waals surface area contributed by atoms with Crippen molar-refractivity contribution >= 4 is 0 Å². The Bertz CT molecular complexity index is 431. The van der Waals surface area contributed by atoms with Gasteiger partial charge in [-0.15, -0.1) is 0 Å². The van der Waals surface area contributed by atoms with E-state index in [1.165, 1.54) is 5.56 Å². The van der Waals surface area contributed by atoms with Crippen LogP contribution in [0.25, 0.3) is 0 Å². The Balaban J connectivity index is 2.18. The molecule has 1 aromatic heterocycles. The molecule has 0 fully saturated rings. The van der Waals surface area contributed by atoms with Gasteiger partial charge in [-0.3, -0.25) is 0 Å². The molecule has 0 amide bonds. The van der Waals surface area contributed by atoms with Gasteiger partial charge in [0.1, 0.15) is 5.75 Å². The van der Waals surface area contributed by atoms with Gasteiger partial charge in [0.05, 0.1) is 0 Å². The highest BCUT2D eigenvalue weighted by molar-refractivity contribution is 5.30. The molecule has 0 unspecified atom stereocenters. The molecule has 0 atom stereocenters. The van der Waals surface area contributed by atoms with Crippen LogP contribution in [0.4, 0.5) is 0 Å². The number of aromatic nitrogens is 1. The summed E-state index contributed by atoms with van der Waals surface area (Å²) in [7, 11) is 0. The molecule has 2 heteroatoms. The van der Waals surface area contributed by atoms with Crippen LogP contribution in [-0.4, -0.2) is 9.67 Å². The molecule has 0 radical (unpaired) electrons. The van der Waals surface area contributed by atoms with Crippen LogP contribution in [0, 0.1) is 0 Å². The lowest BCUT2D eigenvalue weighted by Crippen LogP contribution is -1.95. The van der Waals surface area contributed by atoms with Gasteiger partial charge in [0.25, 0.3) is 0 Å². The zero-order valence-corrected chi connectivity index (χ0v) is 8.85. The number of benzene rings is 1. The Morgan fingerprint density at radius 3 is 2.47 bits per heavy atom. The van der Waals surface area contributed by atoms with Crippen molar-refractivity contribution in [2.75, 3.05) is 0 Å². The van der Waals surface area contributed by atoms with Gasteiger partial charge in [0.2, 0.25) is 0 Å². The predicted octanol–water partition coefficient (Wildman–Crippen LogP) is 2.80. The molecule has 2 rings (SSSR count). The molecule has 0 saturated carbocycles. The predicted molar refractivity (Wildman–Crippen MR) is 61.0 cm³/mol. The molecular weight excluding hydrogens is 186 g/mol. The van der Waals surface area contributed by atoms with Gasteiger partial charge in [-0.1, -0.05) is 37.3 Å². The maximum atomic E-state index is 9.59. The Morgan fingerprint density at radius 2 is 1.87 bits per heavy atom. The summed E-state index contributed by atoms with van der Waals surface area (Å²) >= 11 is 0. The van der Waals surface area contributed by atoms with Gasteiger partial charge >= 0.3 is 0 Å². The summed E-state index contributed by atoms with van der Waals surface area (Å²) in [5.41, 5.74) is 2.25. The molecule has 2 nitrogen and oxygen atoms in total. The Kier molecular flexibility index (Phi) is 2.77. The van der Waals surface area contributed by atoms with E-state index in [-0.39, 0.29) is 0 Å². The van der Waals surface area contributed by atoms with E-state index in [2.05, 4.69) is 12.1 Å². The van der Waals surface area contributed by atoms with E-state index < -0.39 is 0 Å². The Morgan fingerprint density at radius 1 is 1.13 bits per heavy atom. The third-order valence-corrected chi connectivity index (χ3v) is 2.53. The average molecular weight is 201 g/mol. The van der Waals surface area contributed by atoms with Crippen LogP contribution in [0.2, 0.25) is 0 Å².